The zero-order chi connectivity index (χ0) is 8.23. The fourth-order valence-corrected chi connectivity index (χ4v) is 0.847. The fraction of sp³-hybridized carbons (Fsp3) is 0. The highest BCUT2D eigenvalue weighted by molar-refractivity contribution is 5.52. The van der Waals surface area contributed by atoms with E-state index in [9.17, 15) is 0 Å². The van der Waals surface area contributed by atoms with Gasteiger partial charge in [0.2, 0.25) is 0 Å². The van der Waals surface area contributed by atoms with E-state index < -0.39 is 0 Å². The molecule has 0 spiro atoms. The highest BCUT2D eigenvalue weighted by Gasteiger charge is 1.94. The molecule has 60 valence electrons. The minimum atomic E-state index is 0.707. The van der Waals surface area contributed by atoms with Gasteiger partial charge in [-0.25, -0.2) is 4.98 Å². The van der Waals surface area contributed by atoms with Gasteiger partial charge in [-0.2, -0.15) is 0 Å². The van der Waals surface area contributed by atoms with Crippen LogP contribution in [-0.4, -0.2) is 9.97 Å². The van der Waals surface area contributed by atoms with Gasteiger partial charge in [0.05, 0.1) is 18.1 Å². The van der Waals surface area contributed by atoms with Gasteiger partial charge in [0.15, 0.2) is 0 Å². The zero-order valence-electron chi connectivity index (χ0n) is 6.27. The van der Waals surface area contributed by atoms with Crippen LogP contribution in [0.1, 0.15) is 0 Å². The van der Waals surface area contributed by atoms with Gasteiger partial charge in [0.1, 0.15) is 12.1 Å². The number of rotatable bonds is 2. The third-order valence-electron chi connectivity index (χ3n) is 1.36. The van der Waals surface area contributed by atoms with E-state index in [2.05, 4.69) is 15.3 Å². The maximum Gasteiger partial charge on any atom is 0.148 e. The summed E-state index contributed by atoms with van der Waals surface area (Å²) in [5.74, 6) is 0.707. The first kappa shape index (κ1) is 6.84. The SMILES string of the molecule is c1cnc(Nc2ccoc2)cn1. The van der Waals surface area contributed by atoms with Crippen molar-refractivity contribution in [2.45, 2.75) is 0 Å². The van der Waals surface area contributed by atoms with Crippen LogP contribution >= 0.6 is 0 Å². The number of aromatic nitrogens is 2. The standard InChI is InChI=1S/C8H7N3O/c1-4-12-6-7(1)11-8-5-9-2-3-10-8/h1-6H,(H,10,11). The summed E-state index contributed by atoms with van der Waals surface area (Å²) in [6, 6.07) is 1.81. The van der Waals surface area contributed by atoms with Gasteiger partial charge < -0.3 is 9.73 Å². The Kier molecular flexibility index (Phi) is 1.74. The molecule has 0 aliphatic heterocycles. The first-order chi connectivity index (χ1) is 5.95. The van der Waals surface area contributed by atoms with Crippen molar-refractivity contribution in [3.05, 3.63) is 37.2 Å². The Bertz CT molecular complexity index is 330. The predicted molar refractivity (Wildman–Crippen MR) is 44.0 cm³/mol. The van der Waals surface area contributed by atoms with Crippen molar-refractivity contribution in [3.8, 4) is 0 Å². The van der Waals surface area contributed by atoms with Crippen molar-refractivity contribution >= 4 is 11.5 Å². The first-order valence-corrected chi connectivity index (χ1v) is 3.50. The molecule has 2 heterocycles. The van der Waals surface area contributed by atoms with Gasteiger partial charge >= 0.3 is 0 Å². The van der Waals surface area contributed by atoms with Crippen LogP contribution in [0.5, 0.6) is 0 Å². The van der Waals surface area contributed by atoms with Crippen LogP contribution in [0.15, 0.2) is 41.6 Å². The second-order valence-electron chi connectivity index (χ2n) is 2.23. The van der Waals surface area contributed by atoms with Crippen LogP contribution in [0.25, 0.3) is 0 Å². The summed E-state index contributed by atoms with van der Waals surface area (Å²) < 4.78 is 4.88. The molecule has 0 radical (unpaired) electrons. The van der Waals surface area contributed by atoms with Crippen LogP contribution in [0.3, 0.4) is 0 Å². The van der Waals surface area contributed by atoms with Gasteiger partial charge in [-0.1, -0.05) is 0 Å². The molecule has 0 atom stereocenters. The number of nitrogens with zero attached hydrogens (tertiary/aromatic N) is 2. The predicted octanol–water partition coefficient (Wildman–Crippen LogP) is 1.81. The second kappa shape index (κ2) is 3.04. The quantitative estimate of drug-likeness (QED) is 0.729. The molecule has 0 unspecified atom stereocenters. The lowest BCUT2D eigenvalue weighted by molar-refractivity contribution is 0.568. The number of nitrogens with one attached hydrogen (secondary N) is 1. The largest absolute Gasteiger partial charge is 0.470 e. The van der Waals surface area contributed by atoms with Gasteiger partial charge in [0, 0.05) is 12.4 Å². The number of furan rings is 1. The fourth-order valence-electron chi connectivity index (χ4n) is 0.847. The molecule has 0 aliphatic rings. The van der Waals surface area contributed by atoms with E-state index in [0.717, 1.165) is 5.69 Å². The third-order valence-corrected chi connectivity index (χ3v) is 1.36. The van der Waals surface area contributed by atoms with Crippen LogP contribution in [0.4, 0.5) is 11.5 Å². The summed E-state index contributed by atoms with van der Waals surface area (Å²) in [5, 5.41) is 3.02. The van der Waals surface area contributed by atoms with Crippen molar-refractivity contribution in [2.24, 2.45) is 0 Å². The molecular weight excluding hydrogens is 154 g/mol. The van der Waals surface area contributed by atoms with Gasteiger partial charge in [-0.05, 0) is 6.07 Å². The molecule has 12 heavy (non-hydrogen) atoms. The van der Waals surface area contributed by atoms with E-state index in [1.54, 1.807) is 31.1 Å². The number of anilines is 2. The first-order valence-electron chi connectivity index (χ1n) is 3.50. The Labute approximate surface area is 69.3 Å². The van der Waals surface area contributed by atoms with Gasteiger partial charge in [-0.3, -0.25) is 4.98 Å². The monoisotopic (exact) mass is 161 g/mol. The highest BCUT2D eigenvalue weighted by Crippen LogP contribution is 2.12. The molecule has 2 aromatic heterocycles. The Morgan fingerprint density at radius 2 is 2.33 bits per heavy atom. The lowest BCUT2D eigenvalue weighted by atomic mass is 10.5. The summed E-state index contributed by atoms with van der Waals surface area (Å²) in [5.41, 5.74) is 0.871. The molecule has 0 bridgehead atoms. The Hall–Kier alpha value is -1.84. The summed E-state index contributed by atoms with van der Waals surface area (Å²) in [6.07, 6.45) is 8.10. The molecule has 0 saturated heterocycles. The van der Waals surface area contributed by atoms with E-state index in [-0.39, 0.29) is 0 Å². The Morgan fingerprint density at radius 1 is 1.33 bits per heavy atom. The third kappa shape index (κ3) is 1.42. The van der Waals surface area contributed by atoms with Gasteiger partial charge in [-0.15, -0.1) is 0 Å². The summed E-state index contributed by atoms with van der Waals surface area (Å²) >= 11 is 0. The Morgan fingerprint density at radius 3 is 3.00 bits per heavy atom. The molecule has 2 aromatic rings. The van der Waals surface area contributed by atoms with Crippen LogP contribution in [-0.2, 0) is 0 Å². The molecule has 4 heteroatoms. The number of hydrogen-bond donors (Lipinski definition) is 1. The van der Waals surface area contributed by atoms with Crippen molar-refractivity contribution in [1.29, 1.82) is 0 Å². The lowest BCUT2D eigenvalue weighted by Gasteiger charge is -1.98. The average molecular weight is 161 g/mol. The maximum atomic E-state index is 4.88. The van der Waals surface area contributed by atoms with E-state index in [4.69, 9.17) is 4.42 Å². The molecule has 0 aliphatic carbocycles. The maximum absolute atomic E-state index is 4.88. The summed E-state index contributed by atoms with van der Waals surface area (Å²) in [6.45, 7) is 0. The average Bonchev–Trinajstić information content (AvgIpc) is 2.59. The summed E-state index contributed by atoms with van der Waals surface area (Å²) in [7, 11) is 0. The minimum Gasteiger partial charge on any atom is -0.470 e. The van der Waals surface area contributed by atoms with E-state index in [1.807, 2.05) is 6.07 Å². The normalized spacial score (nSPS) is 9.67. The topological polar surface area (TPSA) is 51.0 Å². The molecule has 0 aromatic carbocycles. The molecule has 2 rings (SSSR count). The number of hydrogen-bond acceptors (Lipinski definition) is 4. The van der Waals surface area contributed by atoms with Gasteiger partial charge in [0.25, 0.3) is 0 Å². The van der Waals surface area contributed by atoms with E-state index in [1.165, 1.54) is 0 Å². The van der Waals surface area contributed by atoms with Crippen molar-refractivity contribution in [3.63, 3.8) is 0 Å². The minimum absolute atomic E-state index is 0.707. The zero-order valence-corrected chi connectivity index (χ0v) is 6.27. The summed E-state index contributed by atoms with van der Waals surface area (Å²) in [4.78, 5) is 7.95. The van der Waals surface area contributed by atoms with Crippen molar-refractivity contribution in [1.82, 2.24) is 9.97 Å². The highest BCUT2D eigenvalue weighted by atomic mass is 16.3. The second-order valence-corrected chi connectivity index (χ2v) is 2.23. The van der Waals surface area contributed by atoms with E-state index in [0.29, 0.717) is 5.82 Å². The van der Waals surface area contributed by atoms with Crippen LogP contribution in [0.2, 0.25) is 0 Å². The molecule has 1 N–H and O–H groups in total. The van der Waals surface area contributed by atoms with Crippen LogP contribution < -0.4 is 5.32 Å². The molecule has 4 nitrogen and oxygen atoms in total. The smallest absolute Gasteiger partial charge is 0.148 e. The van der Waals surface area contributed by atoms with Crippen molar-refractivity contribution < 1.29 is 4.42 Å². The Balaban J connectivity index is 2.15. The molecular formula is C8H7N3O. The van der Waals surface area contributed by atoms with Crippen molar-refractivity contribution in [2.75, 3.05) is 5.32 Å². The van der Waals surface area contributed by atoms with Crippen LogP contribution in [0, 0.1) is 0 Å². The molecule has 0 fully saturated rings. The lowest BCUT2D eigenvalue weighted by Crippen LogP contribution is -1.91. The van der Waals surface area contributed by atoms with E-state index >= 15 is 0 Å². The molecule has 0 amide bonds. The molecule has 0 saturated carbocycles.